The zero-order valence-corrected chi connectivity index (χ0v) is 7.71. The first-order valence-electron chi connectivity index (χ1n) is 4.06. The summed E-state index contributed by atoms with van der Waals surface area (Å²) >= 11 is 0. The maximum Gasteiger partial charge on any atom is 0.289 e. The number of rotatable bonds is 4. The Balaban J connectivity index is 3.00. The predicted molar refractivity (Wildman–Crippen MR) is 50.2 cm³/mol. The highest BCUT2D eigenvalue weighted by Crippen LogP contribution is 2.19. The molecule has 78 valence electrons. The third kappa shape index (κ3) is 2.62. The van der Waals surface area contributed by atoms with Gasteiger partial charge < -0.3 is 10.5 Å². The summed E-state index contributed by atoms with van der Waals surface area (Å²) in [6, 6.07) is 2.88. The number of nitro groups is 1. The maximum atomic E-state index is 10.4. The Morgan fingerprint density at radius 3 is 3.00 bits per heavy atom. The smallest absolute Gasteiger partial charge is 0.289 e. The van der Waals surface area contributed by atoms with Gasteiger partial charge >= 0.3 is 0 Å². The Labute approximate surface area is 85.2 Å². The summed E-state index contributed by atoms with van der Waals surface area (Å²) < 4.78 is 5.03. The Kier molecular flexibility index (Phi) is 3.54. The molecule has 7 nitrogen and oxygen atoms in total. The number of pyridine rings is 1. The van der Waals surface area contributed by atoms with Crippen molar-refractivity contribution < 1.29 is 9.66 Å². The summed E-state index contributed by atoms with van der Waals surface area (Å²) in [6.45, 7) is 0.489. The topological polar surface area (TPSA) is 115 Å². The van der Waals surface area contributed by atoms with Crippen LogP contribution in [0.2, 0.25) is 0 Å². The average molecular weight is 208 g/mol. The van der Waals surface area contributed by atoms with E-state index in [1.165, 1.54) is 0 Å². The van der Waals surface area contributed by atoms with Crippen molar-refractivity contribution in [2.24, 2.45) is 5.73 Å². The van der Waals surface area contributed by atoms with Gasteiger partial charge in [0.1, 0.15) is 24.4 Å². The molecule has 7 heteroatoms. The van der Waals surface area contributed by atoms with Gasteiger partial charge in [0.05, 0.1) is 4.92 Å². The largest absolute Gasteiger partial charge is 0.475 e. The summed E-state index contributed by atoms with van der Waals surface area (Å²) in [5.41, 5.74) is 4.98. The van der Waals surface area contributed by atoms with Gasteiger partial charge in [0, 0.05) is 12.6 Å². The van der Waals surface area contributed by atoms with Crippen LogP contribution in [-0.4, -0.2) is 23.1 Å². The van der Waals surface area contributed by atoms with Crippen molar-refractivity contribution in [2.45, 2.75) is 0 Å². The van der Waals surface area contributed by atoms with Gasteiger partial charge in [-0.3, -0.25) is 10.1 Å². The number of hydrogen-bond acceptors (Lipinski definition) is 6. The third-order valence-corrected chi connectivity index (χ3v) is 1.52. The monoisotopic (exact) mass is 208 g/mol. The fourth-order valence-corrected chi connectivity index (χ4v) is 0.892. The lowest BCUT2D eigenvalue weighted by Crippen LogP contribution is -2.12. The number of aromatic nitrogens is 1. The summed E-state index contributed by atoms with van der Waals surface area (Å²) in [4.78, 5) is 13.4. The van der Waals surface area contributed by atoms with Crippen LogP contribution in [0.15, 0.2) is 12.3 Å². The van der Waals surface area contributed by atoms with Gasteiger partial charge in [-0.25, -0.2) is 4.98 Å². The molecule has 0 amide bonds. The molecule has 0 radical (unpaired) electrons. The van der Waals surface area contributed by atoms with Crippen LogP contribution in [0, 0.1) is 21.4 Å². The van der Waals surface area contributed by atoms with E-state index >= 15 is 0 Å². The molecule has 0 saturated carbocycles. The van der Waals surface area contributed by atoms with Crippen LogP contribution < -0.4 is 10.5 Å². The molecule has 0 aliphatic carbocycles. The fourth-order valence-electron chi connectivity index (χ4n) is 0.892. The molecule has 0 aromatic carbocycles. The number of nitriles is 1. The number of nitrogens with zero attached hydrogens (tertiary/aromatic N) is 3. The van der Waals surface area contributed by atoms with E-state index in [1.807, 2.05) is 0 Å². The summed E-state index contributed by atoms with van der Waals surface area (Å²) in [5, 5.41) is 19.1. The number of nitrogens with two attached hydrogens (primary N) is 1. The zero-order valence-electron chi connectivity index (χ0n) is 7.71. The standard InChI is InChI=1S/C8H8N4O3/c9-1-2-15-8-6(4-10)3-7(5-11-8)12(13)14/h3,5H,1-2,9H2. The predicted octanol–water partition coefficient (Wildman–Crippen LogP) is 0.199. The van der Waals surface area contributed by atoms with Crippen LogP contribution in [0.1, 0.15) is 5.56 Å². The molecule has 2 N–H and O–H groups in total. The van der Waals surface area contributed by atoms with Crippen molar-refractivity contribution in [2.75, 3.05) is 13.2 Å². The van der Waals surface area contributed by atoms with Crippen LogP contribution in [0.5, 0.6) is 5.88 Å². The highest BCUT2D eigenvalue weighted by molar-refractivity contribution is 5.44. The first-order chi connectivity index (χ1) is 7.19. The normalized spacial score (nSPS) is 9.33. The van der Waals surface area contributed by atoms with E-state index < -0.39 is 4.92 Å². The van der Waals surface area contributed by atoms with Gasteiger partial charge in [0.15, 0.2) is 0 Å². The lowest BCUT2D eigenvalue weighted by molar-refractivity contribution is -0.385. The quantitative estimate of drug-likeness (QED) is 0.558. The third-order valence-electron chi connectivity index (χ3n) is 1.52. The van der Waals surface area contributed by atoms with Crippen LogP contribution in [-0.2, 0) is 0 Å². The van der Waals surface area contributed by atoms with E-state index in [2.05, 4.69) is 4.98 Å². The average Bonchev–Trinajstić information content (AvgIpc) is 2.25. The van der Waals surface area contributed by atoms with Crippen molar-refractivity contribution in [1.82, 2.24) is 4.98 Å². The molecule has 0 fully saturated rings. The van der Waals surface area contributed by atoms with Crippen molar-refractivity contribution in [3.8, 4) is 11.9 Å². The summed E-state index contributed by atoms with van der Waals surface area (Å²) in [7, 11) is 0. The lowest BCUT2D eigenvalue weighted by atomic mass is 10.3. The fraction of sp³-hybridized carbons (Fsp3) is 0.250. The number of ether oxygens (including phenoxy) is 1. The first-order valence-corrected chi connectivity index (χ1v) is 4.06. The SMILES string of the molecule is N#Cc1cc([N+](=O)[O-])cnc1OCCN. The van der Waals surface area contributed by atoms with Gasteiger partial charge in [0.25, 0.3) is 5.69 Å². The zero-order chi connectivity index (χ0) is 11.3. The van der Waals surface area contributed by atoms with E-state index in [9.17, 15) is 10.1 Å². The van der Waals surface area contributed by atoms with E-state index in [0.717, 1.165) is 12.3 Å². The van der Waals surface area contributed by atoms with E-state index in [4.69, 9.17) is 15.7 Å². The molecule has 1 aromatic heterocycles. The molecule has 0 aliphatic rings. The second kappa shape index (κ2) is 4.88. The van der Waals surface area contributed by atoms with E-state index in [-0.39, 0.29) is 30.3 Å². The first kappa shape index (κ1) is 10.9. The minimum Gasteiger partial charge on any atom is -0.475 e. The minimum atomic E-state index is -0.624. The molecule has 15 heavy (non-hydrogen) atoms. The van der Waals surface area contributed by atoms with Crippen molar-refractivity contribution >= 4 is 5.69 Å². The molecule has 0 atom stereocenters. The van der Waals surface area contributed by atoms with Gasteiger partial charge in [-0.15, -0.1) is 0 Å². The molecule has 0 aliphatic heterocycles. The van der Waals surface area contributed by atoms with E-state index in [0.29, 0.717) is 0 Å². The van der Waals surface area contributed by atoms with Crippen LogP contribution >= 0.6 is 0 Å². The Hall–Kier alpha value is -2.20. The lowest BCUT2D eigenvalue weighted by Gasteiger charge is -2.03. The van der Waals surface area contributed by atoms with Crippen molar-refractivity contribution in [1.29, 1.82) is 5.26 Å². The molecular formula is C8H8N4O3. The van der Waals surface area contributed by atoms with Gasteiger partial charge in [-0.05, 0) is 0 Å². The maximum absolute atomic E-state index is 10.4. The molecule has 1 rings (SSSR count). The van der Waals surface area contributed by atoms with Crippen molar-refractivity contribution in [3.63, 3.8) is 0 Å². The minimum absolute atomic E-state index is 0.0256. The Morgan fingerprint density at radius 1 is 1.73 bits per heavy atom. The summed E-state index contributed by atoms with van der Waals surface area (Å²) in [5.74, 6) is 0.0635. The molecular weight excluding hydrogens is 200 g/mol. The molecule has 1 aromatic rings. The number of hydrogen-bond donors (Lipinski definition) is 1. The van der Waals surface area contributed by atoms with Gasteiger partial charge in [-0.1, -0.05) is 0 Å². The molecule has 0 spiro atoms. The van der Waals surface area contributed by atoms with Crippen LogP contribution in [0.3, 0.4) is 0 Å². The van der Waals surface area contributed by atoms with Crippen LogP contribution in [0.4, 0.5) is 5.69 Å². The highest BCUT2D eigenvalue weighted by atomic mass is 16.6. The summed E-state index contributed by atoms with van der Waals surface area (Å²) in [6.07, 6.45) is 1.03. The molecule has 0 unspecified atom stereocenters. The molecule has 0 saturated heterocycles. The van der Waals surface area contributed by atoms with E-state index in [1.54, 1.807) is 6.07 Å². The van der Waals surface area contributed by atoms with Gasteiger partial charge in [0.2, 0.25) is 5.88 Å². The molecule has 0 bridgehead atoms. The Bertz CT molecular complexity index is 413. The van der Waals surface area contributed by atoms with Crippen molar-refractivity contribution in [3.05, 3.63) is 27.9 Å². The van der Waals surface area contributed by atoms with Crippen LogP contribution in [0.25, 0.3) is 0 Å². The Morgan fingerprint density at radius 2 is 2.47 bits per heavy atom. The van der Waals surface area contributed by atoms with Gasteiger partial charge in [-0.2, -0.15) is 5.26 Å². The second-order valence-electron chi connectivity index (χ2n) is 2.55. The highest BCUT2D eigenvalue weighted by Gasteiger charge is 2.12. The second-order valence-corrected chi connectivity index (χ2v) is 2.55. The molecule has 1 heterocycles.